The summed E-state index contributed by atoms with van der Waals surface area (Å²) in [7, 11) is 0. The van der Waals surface area contributed by atoms with Gasteiger partial charge in [-0.1, -0.05) is 30.7 Å². The predicted octanol–water partition coefficient (Wildman–Crippen LogP) is 2.77. The minimum atomic E-state index is 0.373. The average molecular weight is 200 g/mol. The number of hydrogen-bond donors (Lipinski definition) is 0. The van der Waals surface area contributed by atoms with Crippen LogP contribution < -0.4 is 0 Å². The van der Waals surface area contributed by atoms with E-state index in [4.69, 9.17) is 0 Å². The minimum absolute atomic E-state index is 0.373. The number of carbonyl (C=O) groups excluding carboxylic acids is 1. The summed E-state index contributed by atoms with van der Waals surface area (Å²) in [5, 5.41) is 0. The van der Waals surface area contributed by atoms with Gasteiger partial charge in [0.2, 0.25) is 0 Å². The van der Waals surface area contributed by atoms with Gasteiger partial charge in [0.25, 0.3) is 0 Å². The lowest BCUT2D eigenvalue weighted by Crippen LogP contribution is -2.18. The van der Waals surface area contributed by atoms with Gasteiger partial charge in [-0.05, 0) is 36.3 Å². The lowest BCUT2D eigenvalue weighted by Gasteiger charge is -2.14. The number of fused-ring (bicyclic) bond motifs is 2. The van der Waals surface area contributed by atoms with Crippen LogP contribution in [0.15, 0.2) is 24.3 Å². The molecule has 0 saturated heterocycles. The maximum Gasteiger partial charge on any atom is 0.140 e. The molecule has 0 aromatic heterocycles. The molecule has 2 unspecified atom stereocenters. The van der Waals surface area contributed by atoms with E-state index in [1.165, 1.54) is 24.0 Å². The molecule has 0 bridgehead atoms. The van der Waals surface area contributed by atoms with Crippen molar-refractivity contribution in [3.05, 3.63) is 35.4 Å². The van der Waals surface area contributed by atoms with Gasteiger partial charge in [0.15, 0.2) is 0 Å². The van der Waals surface area contributed by atoms with E-state index in [0.717, 1.165) is 12.8 Å². The fraction of sp³-hybridized carbons (Fsp3) is 0.500. The maximum absolute atomic E-state index is 12.1. The number of benzene rings is 1. The van der Waals surface area contributed by atoms with Gasteiger partial charge >= 0.3 is 0 Å². The molecule has 78 valence electrons. The molecule has 1 heteroatoms. The van der Waals surface area contributed by atoms with E-state index in [-0.39, 0.29) is 0 Å². The van der Waals surface area contributed by atoms with E-state index in [1.807, 2.05) is 6.07 Å². The normalized spacial score (nSPS) is 29.5. The monoisotopic (exact) mass is 200 g/mol. The Balaban J connectivity index is 2.00. The van der Waals surface area contributed by atoms with E-state index in [9.17, 15) is 4.79 Å². The van der Waals surface area contributed by atoms with E-state index >= 15 is 0 Å². The Morgan fingerprint density at radius 3 is 2.73 bits per heavy atom. The molecule has 3 rings (SSSR count). The first-order chi connectivity index (χ1) is 7.34. The molecule has 0 radical (unpaired) electrons. The predicted molar refractivity (Wildman–Crippen MR) is 59.7 cm³/mol. The Hall–Kier alpha value is -1.11. The second-order valence-electron chi connectivity index (χ2n) is 4.91. The molecule has 1 saturated carbocycles. The van der Waals surface area contributed by atoms with Crippen LogP contribution in [0.5, 0.6) is 0 Å². The zero-order chi connectivity index (χ0) is 10.3. The van der Waals surface area contributed by atoms with Crippen LogP contribution in [0, 0.1) is 11.8 Å². The molecular weight excluding hydrogens is 184 g/mol. The summed E-state index contributed by atoms with van der Waals surface area (Å²) in [6.07, 6.45) is 5.45. The van der Waals surface area contributed by atoms with Crippen LogP contribution in [0.25, 0.3) is 0 Å². The van der Waals surface area contributed by atoms with Crippen molar-refractivity contribution in [2.45, 2.75) is 32.1 Å². The summed E-state index contributed by atoms with van der Waals surface area (Å²) >= 11 is 0. The standard InChI is InChI=1S/C14H16O/c15-14-9-11-5-2-1-4-10(11)8-12-6-3-7-13(12)14/h1-2,4-5,12-13H,3,6-9H2. The Labute approximate surface area is 90.5 Å². The minimum Gasteiger partial charge on any atom is -0.299 e. The van der Waals surface area contributed by atoms with Gasteiger partial charge in [0.1, 0.15) is 5.78 Å². The fourth-order valence-electron chi connectivity index (χ4n) is 3.24. The second kappa shape index (κ2) is 3.48. The molecule has 0 N–H and O–H groups in total. The smallest absolute Gasteiger partial charge is 0.140 e. The van der Waals surface area contributed by atoms with E-state index in [1.54, 1.807) is 0 Å². The van der Waals surface area contributed by atoms with Gasteiger partial charge < -0.3 is 0 Å². The molecule has 0 aliphatic heterocycles. The molecule has 0 spiro atoms. The first kappa shape index (κ1) is 9.14. The van der Waals surface area contributed by atoms with E-state index in [0.29, 0.717) is 24.0 Å². The third-order valence-electron chi connectivity index (χ3n) is 4.04. The third kappa shape index (κ3) is 1.50. The molecule has 0 heterocycles. The van der Waals surface area contributed by atoms with Crippen molar-refractivity contribution < 1.29 is 4.79 Å². The quantitative estimate of drug-likeness (QED) is 0.629. The van der Waals surface area contributed by atoms with Gasteiger partial charge in [-0.15, -0.1) is 0 Å². The van der Waals surface area contributed by atoms with Gasteiger partial charge in [-0.25, -0.2) is 0 Å². The topological polar surface area (TPSA) is 17.1 Å². The lowest BCUT2D eigenvalue weighted by molar-refractivity contribution is -0.122. The Kier molecular flexibility index (Phi) is 2.12. The van der Waals surface area contributed by atoms with Crippen molar-refractivity contribution in [3.63, 3.8) is 0 Å². The number of rotatable bonds is 0. The van der Waals surface area contributed by atoms with E-state index in [2.05, 4.69) is 18.2 Å². The highest BCUT2D eigenvalue weighted by Crippen LogP contribution is 2.38. The van der Waals surface area contributed by atoms with Crippen molar-refractivity contribution in [1.82, 2.24) is 0 Å². The molecule has 1 aromatic rings. The van der Waals surface area contributed by atoms with Crippen LogP contribution in [-0.4, -0.2) is 5.78 Å². The Morgan fingerprint density at radius 2 is 1.87 bits per heavy atom. The van der Waals surface area contributed by atoms with E-state index < -0.39 is 0 Å². The summed E-state index contributed by atoms with van der Waals surface area (Å²) in [6, 6.07) is 8.46. The number of ketones is 1. The van der Waals surface area contributed by atoms with Gasteiger partial charge in [0.05, 0.1) is 0 Å². The van der Waals surface area contributed by atoms with Gasteiger partial charge in [0, 0.05) is 12.3 Å². The molecule has 2 aliphatic rings. The third-order valence-corrected chi connectivity index (χ3v) is 4.04. The van der Waals surface area contributed by atoms with Crippen LogP contribution in [0.4, 0.5) is 0 Å². The average Bonchev–Trinajstić information content (AvgIpc) is 2.64. The summed E-state index contributed by atoms with van der Waals surface area (Å²) in [6.45, 7) is 0. The zero-order valence-corrected chi connectivity index (χ0v) is 8.91. The van der Waals surface area contributed by atoms with Crippen LogP contribution >= 0.6 is 0 Å². The van der Waals surface area contributed by atoms with Crippen LogP contribution in [0.1, 0.15) is 30.4 Å². The van der Waals surface area contributed by atoms with Crippen molar-refractivity contribution in [2.24, 2.45) is 11.8 Å². The van der Waals surface area contributed by atoms with Crippen molar-refractivity contribution >= 4 is 5.78 Å². The SMILES string of the molecule is O=C1Cc2ccccc2CC2CCCC12. The van der Waals surface area contributed by atoms with Crippen molar-refractivity contribution in [3.8, 4) is 0 Å². The molecule has 1 nitrogen and oxygen atoms in total. The summed E-state index contributed by atoms with van der Waals surface area (Å²) in [4.78, 5) is 12.1. The molecule has 1 fully saturated rings. The first-order valence-electron chi connectivity index (χ1n) is 5.94. The molecular formula is C14H16O. The fourth-order valence-corrected chi connectivity index (χ4v) is 3.24. The zero-order valence-electron chi connectivity index (χ0n) is 8.91. The summed E-state index contributed by atoms with van der Waals surface area (Å²) in [5.74, 6) is 1.50. The van der Waals surface area contributed by atoms with Crippen LogP contribution in [0.2, 0.25) is 0 Å². The number of Topliss-reactive ketones (excluding diaryl/α,β-unsaturated/α-hetero) is 1. The van der Waals surface area contributed by atoms with Crippen LogP contribution in [-0.2, 0) is 17.6 Å². The van der Waals surface area contributed by atoms with Crippen LogP contribution in [0.3, 0.4) is 0 Å². The number of carbonyl (C=O) groups is 1. The van der Waals surface area contributed by atoms with Crippen molar-refractivity contribution in [2.75, 3.05) is 0 Å². The first-order valence-corrected chi connectivity index (χ1v) is 5.94. The Bertz CT molecular complexity index is 394. The van der Waals surface area contributed by atoms with Gasteiger partial charge in [-0.3, -0.25) is 4.79 Å². The van der Waals surface area contributed by atoms with Crippen molar-refractivity contribution in [1.29, 1.82) is 0 Å². The highest BCUT2D eigenvalue weighted by Gasteiger charge is 2.35. The summed E-state index contributed by atoms with van der Waals surface area (Å²) < 4.78 is 0. The molecule has 15 heavy (non-hydrogen) atoms. The summed E-state index contributed by atoms with van der Waals surface area (Å²) in [5.41, 5.74) is 2.69. The van der Waals surface area contributed by atoms with Gasteiger partial charge in [-0.2, -0.15) is 0 Å². The second-order valence-corrected chi connectivity index (χ2v) is 4.91. The largest absolute Gasteiger partial charge is 0.299 e. The number of hydrogen-bond acceptors (Lipinski definition) is 1. The Morgan fingerprint density at radius 1 is 1.07 bits per heavy atom. The highest BCUT2D eigenvalue weighted by molar-refractivity contribution is 5.84. The molecule has 0 amide bonds. The maximum atomic E-state index is 12.1. The highest BCUT2D eigenvalue weighted by atomic mass is 16.1. The molecule has 2 atom stereocenters. The molecule has 2 aliphatic carbocycles. The molecule has 1 aromatic carbocycles. The lowest BCUT2D eigenvalue weighted by atomic mass is 9.89.